The SMILES string of the molecule is CCCCCCCCCCOC(=O)C(CC(=O)[O-])S(=O)(=O)[O-].[Na+].[Na+]. The minimum absolute atomic E-state index is 0. The van der Waals surface area contributed by atoms with Gasteiger partial charge in [-0.2, -0.15) is 0 Å². The Kier molecular flexibility index (Phi) is 21.3. The van der Waals surface area contributed by atoms with Crippen molar-refractivity contribution in [2.24, 2.45) is 0 Å². The van der Waals surface area contributed by atoms with Crippen LogP contribution in [0.5, 0.6) is 0 Å². The summed E-state index contributed by atoms with van der Waals surface area (Å²) in [7, 11) is -5.06. The third kappa shape index (κ3) is 16.3. The second-order valence-electron chi connectivity index (χ2n) is 5.20. The second kappa shape index (κ2) is 17.3. The summed E-state index contributed by atoms with van der Waals surface area (Å²) >= 11 is 0. The number of carboxylic acids is 1. The molecule has 1 unspecified atom stereocenters. The number of unbranched alkanes of at least 4 members (excludes halogenated alkanes) is 7. The maximum absolute atomic E-state index is 11.4. The molecule has 0 aliphatic rings. The molecule has 0 radical (unpaired) electrons. The molecule has 0 N–H and O–H groups in total. The molecule has 0 aliphatic carbocycles. The minimum Gasteiger partial charge on any atom is -0.747 e. The number of carboxylic acid groups (broad SMARTS) is 1. The van der Waals surface area contributed by atoms with Crippen molar-refractivity contribution in [1.29, 1.82) is 0 Å². The molecule has 0 heterocycles. The second-order valence-corrected chi connectivity index (χ2v) is 6.75. The van der Waals surface area contributed by atoms with Crippen molar-refractivity contribution in [2.45, 2.75) is 70.0 Å². The fourth-order valence-electron chi connectivity index (χ4n) is 1.96. The van der Waals surface area contributed by atoms with Gasteiger partial charge in [-0.25, -0.2) is 8.42 Å². The van der Waals surface area contributed by atoms with Crippen LogP contribution in [0.25, 0.3) is 0 Å². The molecule has 0 saturated heterocycles. The molecule has 0 aliphatic heterocycles. The Labute approximate surface area is 188 Å². The van der Waals surface area contributed by atoms with Crippen LogP contribution in [0.2, 0.25) is 0 Å². The number of hydrogen-bond donors (Lipinski definition) is 0. The van der Waals surface area contributed by atoms with Crippen LogP contribution in [0.15, 0.2) is 0 Å². The molecule has 0 rings (SSSR count). The van der Waals surface area contributed by atoms with Crippen LogP contribution in [0.1, 0.15) is 64.7 Å². The molecule has 0 aromatic carbocycles. The Morgan fingerprint density at radius 2 is 1.42 bits per heavy atom. The van der Waals surface area contributed by atoms with E-state index in [-0.39, 0.29) is 65.7 Å². The summed E-state index contributed by atoms with van der Waals surface area (Å²) in [4.78, 5) is 21.8. The first-order valence-corrected chi connectivity index (χ1v) is 9.07. The molecule has 7 nitrogen and oxygen atoms in total. The van der Waals surface area contributed by atoms with E-state index in [4.69, 9.17) is 0 Å². The fourth-order valence-corrected chi connectivity index (χ4v) is 2.60. The van der Waals surface area contributed by atoms with E-state index in [2.05, 4.69) is 11.7 Å². The van der Waals surface area contributed by atoms with Gasteiger partial charge in [-0.05, 0) is 6.42 Å². The van der Waals surface area contributed by atoms with Gasteiger partial charge in [-0.1, -0.05) is 51.9 Å². The Balaban J connectivity index is -0.00000220. The summed E-state index contributed by atoms with van der Waals surface area (Å²) in [6, 6.07) is 0. The predicted molar refractivity (Wildman–Crippen MR) is 76.7 cm³/mol. The van der Waals surface area contributed by atoms with Gasteiger partial charge < -0.3 is 19.2 Å². The molecular weight excluding hydrogens is 358 g/mol. The molecule has 0 aromatic heterocycles. The van der Waals surface area contributed by atoms with Crippen LogP contribution in [-0.2, 0) is 24.4 Å². The van der Waals surface area contributed by atoms with E-state index in [0.29, 0.717) is 6.42 Å². The number of carbonyl (C=O) groups is 2. The molecule has 0 aromatic rings. The quantitative estimate of drug-likeness (QED) is 0.135. The summed E-state index contributed by atoms with van der Waals surface area (Å²) in [5, 5.41) is 8.13. The Morgan fingerprint density at radius 3 is 1.83 bits per heavy atom. The number of esters is 1. The summed E-state index contributed by atoms with van der Waals surface area (Å²) in [6.45, 7) is 2.12. The fraction of sp³-hybridized carbons (Fsp3) is 0.857. The smallest absolute Gasteiger partial charge is 0.747 e. The van der Waals surface area contributed by atoms with Crippen molar-refractivity contribution >= 4 is 22.1 Å². The average molecular weight is 382 g/mol. The van der Waals surface area contributed by atoms with Crippen molar-refractivity contribution in [3.8, 4) is 0 Å². The van der Waals surface area contributed by atoms with Gasteiger partial charge in [0.15, 0.2) is 5.25 Å². The topological polar surface area (TPSA) is 124 Å². The van der Waals surface area contributed by atoms with Gasteiger partial charge in [-0.15, -0.1) is 0 Å². The third-order valence-corrected chi connectivity index (χ3v) is 4.26. The van der Waals surface area contributed by atoms with Crippen molar-refractivity contribution in [2.75, 3.05) is 6.61 Å². The first-order chi connectivity index (χ1) is 10.3. The average Bonchev–Trinajstić information content (AvgIpc) is 2.41. The van der Waals surface area contributed by atoms with E-state index in [9.17, 15) is 27.7 Å². The van der Waals surface area contributed by atoms with Gasteiger partial charge in [0, 0.05) is 12.4 Å². The van der Waals surface area contributed by atoms with Crippen LogP contribution in [0.3, 0.4) is 0 Å². The summed E-state index contributed by atoms with van der Waals surface area (Å²) in [6.07, 6.45) is 7.06. The molecule has 130 valence electrons. The zero-order valence-corrected chi connectivity index (χ0v) is 19.7. The van der Waals surface area contributed by atoms with Gasteiger partial charge >= 0.3 is 65.1 Å². The molecule has 1 atom stereocenters. The van der Waals surface area contributed by atoms with E-state index in [1.54, 1.807) is 0 Å². The third-order valence-electron chi connectivity index (χ3n) is 3.21. The number of aliphatic carboxylic acids is 1. The molecular formula is C14H24Na2O7S. The van der Waals surface area contributed by atoms with E-state index in [1.165, 1.54) is 19.3 Å². The number of ether oxygens (including phenoxy) is 1. The number of hydrogen-bond acceptors (Lipinski definition) is 7. The molecule has 0 saturated carbocycles. The van der Waals surface area contributed by atoms with Crippen molar-refractivity contribution in [3.63, 3.8) is 0 Å². The van der Waals surface area contributed by atoms with Gasteiger partial charge in [0.1, 0.15) is 10.1 Å². The van der Waals surface area contributed by atoms with E-state index in [1.807, 2.05) is 0 Å². The zero-order valence-electron chi connectivity index (χ0n) is 14.9. The van der Waals surface area contributed by atoms with E-state index in [0.717, 1.165) is 25.7 Å². The normalized spacial score (nSPS) is 11.8. The van der Waals surface area contributed by atoms with Crippen molar-refractivity contribution in [3.05, 3.63) is 0 Å². The van der Waals surface area contributed by atoms with Gasteiger partial charge in [-0.3, -0.25) is 4.79 Å². The summed E-state index contributed by atoms with van der Waals surface area (Å²) < 4.78 is 37.1. The standard InChI is InChI=1S/C14H26O7S.2Na/c1-2-3-4-5-6-7-8-9-10-21-14(17)12(11-13(15)16)22(18,19)20;;/h12H,2-11H2,1H3,(H,15,16)(H,18,19,20);;/q;2*+1/p-2. The van der Waals surface area contributed by atoms with Crippen molar-refractivity contribution < 1.29 is 91.5 Å². The van der Waals surface area contributed by atoms with Crippen LogP contribution in [-0.4, -0.2) is 36.8 Å². The molecule has 0 fully saturated rings. The van der Waals surface area contributed by atoms with Crippen molar-refractivity contribution in [1.82, 2.24) is 0 Å². The summed E-state index contributed by atoms with van der Waals surface area (Å²) in [5.41, 5.74) is 0. The first kappa shape index (κ1) is 29.6. The monoisotopic (exact) mass is 382 g/mol. The van der Waals surface area contributed by atoms with Crippen LogP contribution >= 0.6 is 0 Å². The maximum Gasteiger partial charge on any atom is 1.00 e. The maximum atomic E-state index is 11.4. The predicted octanol–water partition coefficient (Wildman–Crippen LogP) is -5.27. The van der Waals surface area contributed by atoms with Crippen LogP contribution in [0, 0.1) is 0 Å². The largest absolute Gasteiger partial charge is 1.00 e. The Morgan fingerprint density at radius 1 is 0.958 bits per heavy atom. The Bertz CT molecular complexity index is 440. The van der Waals surface area contributed by atoms with E-state index < -0.39 is 33.7 Å². The minimum atomic E-state index is -5.06. The summed E-state index contributed by atoms with van der Waals surface area (Å²) in [5.74, 6) is -3.10. The van der Waals surface area contributed by atoms with Crippen LogP contribution < -0.4 is 64.2 Å². The van der Waals surface area contributed by atoms with Gasteiger partial charge in [0.2, 0.25) is 0 Å². The van der Waals surface area contributed by atoms with E-state index >= 15 is 0 Å². The molecule has 10 heteroatoms. The first-order valence-electron chi connectivity index (χ1n) is 7.60. The molecule has 0 bridgehead atoms. The van der Waals surface area contributed by atoms with Gasteiger partial charge in [0.25, 0.3) is 0 Å². The Hall–Kier alpha value is 0.850. The van der Waals surface area contributed by atoms with Crippen LogP contribution in [0.4, 0.5) is 0 Å². The van der Waals surface area contributed by atoms with Gasteiger partial charge in [0.05, 0.1) is 6.61 Å². The number of rotatable bonds is 13. The zero-order chi connectivity index (χ0) is 17.0. The molecule has 0 spiro atoms. The molecule has 24 heavy (non-hydrogen) atoms. The number of carbonyl (C=O) groups excluding carboxylic acids is 2. The molecule has 0 amide bonds.